The topological polar surface area (TPSA) is 49.4 Å². The quantitative estimate of drug-likeness (QED) is 0.808. The third-order valence-electron chi connectivity index (χ3n) is 3.64. The van der Waals surface area contributed by atoms with Crippen LogP contribution in [-0.4, -0.2) is 42.3 Å². The van der Waals surface area contributed by atoms with Gasteiger partial charge in [-0.3, -0.25) is 14.5 Å². The zero-order valence-corrected chi connectivity index (χ0v) is 12.0. The number of carbonyl (C=O) groups is 2. The van der Waals surface area contributed by atoms with E-state index in [9.17, 15) is 9.59 Å². The summed E-state index contributed by atoms with van der Waals surface area (Å²) in [5.74, 6) is 0.897. The number of likely N-dealkylation sites (tertiary alicyclic amines) is 1. The Morgan fingerprint density at radius 1 is 1.33 bits per heavy atom. The summed E-state index contributed by atoms with van der Waals surface area (Å²) in [6.07, 6.45) is 1.97. The first-order chi connectivity index (χ1) is 8.41. The van der Waals surface area contributed by atoms with Gasteiger partial charge in [0.15, 0.2) is 0 Å². The number of hydrogen-bond donors (Lipinski definition) is 1. The minimum atomic E-state index is -0.133. The lowest BCUT2D eigenvalue weighted by atomic mass is 9.93. The maximum absolute atomic E-state index is 12.0. The van der Waals surface area contributed by atoms with Crippen LogP contribution in [0.4, 0.5) is 0 Å². The lowest BCUT2D eigenvalue weighted by Gasteiger charge is -2.35. The van der Waals surface area contributed by atoms with Crippen LogP contribution in [0, 0.1) is 11.8 Å². The number of nitrogens with zero attached hydrogens (tertiary/aromatic N) is 1. The lowest BCUT2D eigenvalue weighted by molar-refractivity contribution is -0.129. The van der Waals surface area contributed by atoms with E-state index in [1.807, 2.05) is 6.92 Å². The number of ketones is 1. The van der Waals surface area contributed by atoms with Gasteiger partial charge in [-0.1, -0.05) is 13.8 Å². The average Bonchev–Trinajstić information content (AvgIpc) is 2.35. The smallest absolute Gasteiger partial charge is 0.237 e. The summed E-state index contributed by atoms with van der Waals surface area (Å²) in [5, 5.41) is 2.96. The molecular formula is C14H26N2O2. The van der Waals surface area contributed by atoms with Crippen molar-refractivity contribution in [3.63, 3.8) is 0 Å². The average molecular weight is 254 g/mol. The van der Waals surface area contributed by atoms with Crippen LogP contribution >= 0.6 is 0 Å². The van der Waals surface area contributed by atoms with Crippen LogP contribution in [0.3, 0.4) is 0 Å². The van der Waals surface area contributed by atoms with Gasteiger partial charge in [0.25, 0.3) is 0 Å². The summed E-state index contributed by atoms with van der Waals surface area (Å²) in [5.41, 5.74) is 0. The van der Waals surface area contributed by atoms with Gasteiger partial charge in [0.05, 0.1) is 6.04 Å². The van der Waals surface area contributed by atoms with Crippen LogP contribution in [0.1, 0.15) is 40.5 Å². The van der Waals surface area contributed by atoms with Crippen molar-refractivity contribution < 1.29 is 9.59 Å². The number of hydrogen-bond acceptors (Lipinski definition) is 3. The van der Waals surface area contributed by atoms with Gasteiger partial charge in [-0.2, -0.15) is 0 Å². The number of carbonyl (C=O) groups excluding carboxylic acids is 2. The van der Waals surface area contributed by atoms with Crippen molar-refractivity contribution in [2.45, 2.75) is 46.6 Å². The molecule has 0 bridgehead atoms. The molecule has 1 fully saturated rings. The molecule has 4 nitrogen and oxygen atoms in total. The maximum atomic E-state index is 12.0. The Balaban J connectivity index is 2.47. The van der Waals surface area contributed by atoms with Crippen LogP contribution < -0.4 is 5.32 Å². The third kappa shape index (κ3) is 4.41. The highest BCUT2D eigenvalue weighted by molar-refractivity contribution is 5.82. The van der Waals surface area contributed by atoms with Crippen molar-refractivity contribution in [1.29, 1.82) is 0 Å². The number of nitrogens with one attached hydrogen (secondary N) is 1. The molecule has 2 unspecified atom stereocenters. The van der Waals surface area contributed by atoms with E-state index in [0.29, 0.717) is 12.5 Å². The van der Waals surface area contributed by atoms with Gasteiger partial charge in [-0.05, 0) is 39.2 Å². The largest absolute Gasteiger partial charge is 0.354 e. The molecule has 1 saturated heterocycles. The Labute approximate surface area is 110 Å². The Hall–Kier alpha value is -0.900. The SMILES string of the molecule is CC(=O)C1CCCN(C(C)C(=O)NCC(C)C)C1. The van der Waals surface area contributed by atoms with Gasteiger partial charge >= 0.3 is 0 Å². The van der Waals surface area contributed by atoms with E-state index >= 15 is 0 Å². The van der Waals surface area contributed by atoms with Crippen LogP contribution in [0.15, 0.2) is 0 Å². The molecule has 0 saturated carbocycles. The molecule has 0 aromatic heterocycles. The standard InChI is InChI=1S/C14H26N2O2/c1-10(2)8-15-14(18)11(3)16-7-5-6-13(9-16)12(4)17/h10-11,13H,5-9H2,1-4H3,(H,15,18). The highest BCUT2D eigenvalue weighted by Crippen LogP contribution is 2.19. The summed E-state index contributed by atoms with van der Waals surface area (Å²) >= 11 is 0. The first-order valence-electron chi connectivity index (χ1n) is 6.94. The van der Waals surface area contributed by atoms with Crippen LogP contribution in [-0.2, 0) is 9.59 Å². The van der Waals surface area contributed by atoms with Gasteiger partial charge < -0.3 is 5.32 Å². The van der Waals surface area contributed by atoms with Gasteiger partial charge in [0, 0.05) is 19.0 Å². The summed E-state index contributed by atoms with van der Waals surface area (Å²) in [6, 6.07) is -0.133. The second-order valence-electron chi connectivity index (χ2n) is 5.76. The van der Waals surface area contributed by atoms with Crippen LogP contribution in [0.2, 0.25) is 0 Å². The van der Waals surface area contributed by atoms with E-state index in [0.717, 1.165) is 25.9 Å². The Morgan fingerprint density at radius 3 is 2.56 bits per heavy atom. The van der Waals surface area contributed by atoms with Crippen LogP contribution in [0.5, 0.6) is 0 Å². The lowest BCUT2D eigenvalue weighted by Crippen LogP contribution is -2.50. The summed E-state index contributed by atoms with van der Waals surface area (Å²) in [4.78, 5) is 25.5. The number of rotatable bonds is 5. The van der Waals surface area contributed by atoms with Crippen molar-refractivity contribution in [2.75, 3.05) is 19.6 Å². The highest BCUT2D eigenvalue weighted by atomic mass is 16.2. The van der Waals surface area contributed by atoms with Gasteiger partial charge in [0.2, 0.25) is 5.91 Å². The summed E-state index contributed by atoms with van der Waals surface area (Å²) < 4.78 is 0. The number of Topliss-reactive ketones (excluding diaryl/α,β-unsaturated/α-hetero) is 1. The number of piperidine rings is 1. The van der Waals surface area contributed by atoms with Crippen molar-refractivity contribution in [1.82, 2.24) is 10.2 Å². The molecule has 1 heterocycles. The van der Waals surface area contributed by atoms with E-state index in [1.165, 1.54) is 0 Å². The molecule has 18 heavy (non-hydrogen) atoms. The zero-order valence-electron chi connectivity index (χ0n) is 12.0. The molecule has 104 valence electrons. The second kappa shape index (κ2) is 6.88. The van der Waals surface area contributed by atoms with Crippen molar-refractivity contribution in [3.8, 4) is 0 Å². The Kier molecular flexibility index (Phi) is 5.79. The second-order valence-corrected chi connectivity index (χ2v) is 5.76. The predicted molar refractivity (Wildman–Crippen MR) is 72.3 cm³/mol. The maximum Gasteiger partial charge on any atom is 0.237 e. The van der Waals surface area contributed by atoms with E-state index in [1.54, 1.807) is 6.92 Å². The molecule has 1 aliphatic rings. The molecule has 1 amide bonds. The molecule has 0 aromatic carbocycles. The Morgan fingerprint density at radius 2 is 2.00 bits per heavy atom. The highest BCUT2D eigenvalue weighted by Gasteiger charge is 2.29. The fourth-order valence-corrected chi connectivity index (χ4v) is 2.31. The van der Waals surface area contributed by atoms with E-state index in [-0.39, 0.29) is 23.7 Å². The molecule has 0 aromatic rings. The zero-order chi connectivity index (χ0) is 13.7. The first-order valence-corrected chi connectivity index (χ1v) is 6.94. The Bertz CT molecular complexity index is 302. The van der Waals surface area contributed by atoms with E-state index in [2.05, 4.69) is 24.1 Å². The van der Waals surface area contributed by atoms with Crippen molar-refractivity contribution >= 4 is 11.7 Å². The minimum absolute atomic E-state index is 0.0768. The molecular weight excluding hydrogens is 228 g/mol. The molecule has 0 spiro atoms. The molecule has 0 radical (unpaired) electrons. The molecule has 2 atom stereocenters. The fraction of sp³-hybridized carbons (Fsp3) is 0.857. The van der Waals surface area contributed by atoms with Crippen molar-refractivity contribution in [2.24, 2.45) is 11.8 Å². The minimum Gasteiger partial charge on any atom is -0.354 e. The van der Waals surface area contributed by atoms with E-state index in [4.69, 9.17) is 0 Å². The summed E-state index contributed by atoms with van der Waals surface area (Å²) in [7, 11) is 0. The van der Waals surface area contributed by atoms with E-state index < -0.39 is 0 Å². The predicted octanol–water partition coefficient (Wildman–Crippen LogP) is 1.45. The molecule has 4 heteroatoms. The van der Waals surface area contributed by atoms with Crippen molar-refractivity contribution in [3.05, 3.63) is 0 Å². The van der Waals surface area contributed by atoms with Crippen LogP contribution in [0.25, 0.3) is 0 Å². The molecule has 1 rings (SSSR count). The molecule has 0 aliphatic carbocycles. The monoisotopic (exact) mass is 254 g/mol. The first kappa shape index (κ1) is 15.2. The number of amides is 1. The molecule has 1 N–H and O–H groups in total. The van der Waals surface area contributed by atoms with Gasteiger partial charge in [-0.15, -0.1) is 0 Å². The van der Waals surface area contributed by atoms with Gasteiger partial charge in [-0.25, -0.2) is 0 Å². The summed E-state index contributed by atoms with van der Waals surface area (Å²) in [6.45, 7) is 10.1. The fourth-order valence-electron chi connectivity index (χ4n) is 2.31. The molecule has 1 aliphatic heterocycles. The normalized spacial score (nSPS) is 22.8. The third-order valence-corrected chi connectivity index (χ3v) is 3.64. The van der Waals surface area contributed by atoms with Gasteiger partial charge in [0.1, 0.15) is 5.78 Å².